The van der Waals surface area contributed by atoms with Crippen molar-refractivity contribution in [3.63, 3.8) is 0 Å². The van der Waals surface area contributed by atoms with Crippen molar-refractivity contribution >= 4 is 23.2 Å². The van der Waals surface area contributed by atoms with Crippen LogP contribution in [0.4, 0.5) is 11.6 Å². The predicted molar refractivity (Wildman–Crippen MR) is 90.7 cm³/mol. The predicted octanol–water partition coefficient (Wildman–Crippen LogP) is 4.25. The number of hydrogen-bond donors (Lipinski definition) is 2. The van der Waals surface area contributed by atoms with E-state index in [0.717, 1.165) is 17.9 Å². The molecule has 2 aromatic rings. The molecule has 22 heavy (non-hydrogen) atoms. The number of benzene rings is 1. The van der Waals surface area contributed by atoms with Crippen LogP contribution in [-0.4, -0.2) is 16.0 Å². The minimum atomic E-state index is 0.360. The molecule has 1 heterocycles. The lowest BCUT2D eigenvalue weighted by Crippen LogP contribution is -2.18. The average molecular weight is 317 g/mol. The van der Waals surface area contributed by atoms with Crippen molar-refractivity contribution in [2.75, 3.05) is 5.32 Å². The Morgan fingerprint density at radius 2 is 2.14 bits per heavy atom. The SMILES string of the molecule is CC(C)c1nc(Nc2cccc(Cl)c2)ncc1CNC1CC1. The van der Waals surface area contributed by atoms with Crippen LogP contribution in [-0.2, 0) is 6.54 Å². The second kappa shape index (κ2) is 6.63. The van der Waals surface area contributed by atoms with Gasteiger partial charge in [0.15, 0.2) is 0 Å². The summed E-state index contributed by atoms with van der Waals surface area (Å²) in [4.78, 5) is 9.13. The Bertz CT molecular complexity index is 653. The summed E-state index contributed by atoms with van der Waals surface area (Å²) in [6.07, 6.45) is 4.49. The van der Waals surface area contributed by atoms with E-state index in [4.69, 9.17) is 16.6 Å². The van der Waals surface area contributed by atoms with E-state index in [-0.39, 0.29) is 0 Å². The first kappa shape index (κ1) is 15.3. The molecule has 1 aliphatic carbocycles. The second-order valence-electron chi connectivity index (χ2n) is 6.05. The van der Waals surface area contributed by atoms with Crippen molar-refractivity contribution in [3.05, 3.63) is 46.7 Å². The number of rotatable bonds is 6. The van der Waals surface area contributed by atoms with Gasteiger partial charge in [-0.15, -0.1) is 0 Å². The summed E-state index contributed by atoms with van der Waals surface area (Å²) < 4.78 is 0. The molecule has 116 valence electrons. The first-order valence-corrected chi connectivity index (χ1v) is 8.11. The Morgan fingerprint density at radius 1 is 1.32 bits per heavy atom. The zero-order chi connectivity index (χ0) is 15.5. The molecule has 4 nitrogen and oxygen atoms in total. The van der Waals surface area contributed by atoms with Crippen LogP contribution in [0, 0.1) is 0 Å². The van der Waals surface area contributed by atoms with Crippen LogP contribution in [0.1, 0.15) is 43.9 Å². The lowest BCUT2D eigenvalue weighted by atomic mass is 10.1. The zero-order valence-electron chi connectivity index (χ0n) is 12.9. The normalized spacial score (nSPS) is 14.4. The maximum Gasteiger partial charge on any atom is 0.227 e. The monoisotopic (exact) mass is 316 g/mol. The largest absolute Gasteiger partial charge is 0.324 e. The standard InChI is InChI=1S/C17H21ClN4/c1-11(2)16-12(9-19-14-6-7-14)10-20-17(22-16)21-15-5-3-4-13(18)8-15/h3-5,8,10-11,14,19H,6-7,9H2,1-2H3,(H,20,21,22). The highest BCUT2D eigenvalue weighted by molar-refractivity contribution is 6.30. The maximum atomic E-state index is 6.01. The van der Waals surface area contributed by atoms with E-state index in [1.54, 1.807) is 0 Å². The number of halogens is 1. The molecule has 0 atom stereocenters. The molecular formula is C17H21ClN4. The molecule has 1 fully saturated rings. The van der Waals surface area contributed by atoms with Gasteiger partial charge in [-0.05, 0) is 37.0 Å². The number of hydrogen-bond acceptors (Lipinski definition) is 4. The van der Waals surface area contributed by atoms with Gasteiger partial charge in [0, 0.05) is 35.1 Å². The lowest BCUT2D eigenvalue weighted by molar-refractivity contribution is 0.666. The highest BCUT2D eigenvalue weighted by Gasteiger charge is 2.21. The molecule has 0 bridgehead atoms. The van der Waals surface area contributed by atoms with Crippen LogP contribution in [0.25, 0.3) is 0 Å². The van der Waals surface area contributed by atoms with E-state index in [1.165, 1.54) is 18.4 Å². The van der Waals surface area contributed by atoms with E-state index < -0.39 is 0 Å². The molecule has 5 heteroatoms. The molecule has 0 saturated heterocycles. The van der Waals surface area contributed by atoms with Crippen molar-refractivity contribution in [1.29, 1.82) is 0 Å². The van der Waals surface area contributed by atoms with Gasteiger partial charge in [-0.3, -0.25) is 0 Å². The highest BCUT2D eigenvalue weighted by atomic mass is 35.5. The number of anilines is 2. The summed E-state index contributed by atoms with van der Waals surface area (Å²) in [7, 11) is 0. The summed E-state index contributed by atoms with van der Waals surface area (Å²) in [6.45, 7) is 5.16. The van der Waals surface area contributed by atoms with Gasteiger partial charge in [0.2, 0.25) is 5.95 Å². The van der Waals surface area contributed by atoms with E-state index >= 15 is 0 Å². The molecule has 1 aromatic carbocycles. The first-order valence-electron chi connectivity index (χ1n) is 7.73. The molecule has 1 aromatic heterocycles. The molecule has 3 rings (SSSR count). The zero-order valence-corrected chi connectivity index (χ0v) is 13.7. The third-order valence-electron chi connectivity index (χ3n) is 3.68. The second-order valence-corrected chi connectivity index (χ2v) is 6.49. The fraction of sp³-hybridized carbons (Fsp3) is 0.412. The van der Waals surface area contributed by atoms with Crippen molar-refractivity contribution in [3.8, 4) is 0 Å². The van der Waals surface area contributed by atoms with Gasteiger partial charge in [0.25, 0.3) is 0 Å². The Labute approximate surface area is 136 Å². The summed E-state index contributed by atoms with van der Waals surface area (Å²) >= 11 is 6.01. The minimum absolute atomic E-state index is 0.360. The van der Waals surface area contributed by atoms with Gasteiger partial charge < -0.3 is 10.6 Å². The minimum Gasteiger partial charge on any atom is -0.324 e. The van der Waals surface area contributed by atoms with Gasteiger partial charge in [-0.1, -0.05) is 31.5 Å². The Kier molecular flexibility index (Phi) is 4.60. The number of aromatic nitrogens is 2. The molecule has 2 N–H and O–H groups in total. The fourth-order valence-electron chi connectivity index (χ4n) is 2.35. The Balaban J connectivity index is 1.78. The van der Waals surface area contributed by atoms with Crippen LogP contribution in [0.2, 0.25) is 5.02 Å². The van der Waals surface area contributed by atoms with Crippen molar-refractivity contribution in [2.24, 2.45) is 0 Å². The molecule has 0 aliphatic heterocycles. The molecular weight excluding hydrogens is 296 g/mol. The third-order valence-corrected chi connectivity index (χ3v) is 3.92. The van der Waals surface area contributed by atoms with Gasteiger partial charge in [0.05, 0.1) is 5.69 Å². The number of nitrogens with zero attached hydrogens (tertiary/aromatic N) is 2. The van der Waals surface area contributed by atoms with Gasteiger partial charge >= 0.3 is 0 Å². The smallest absolute Gasteiger partial charge is 0.227 e. The van der Waals surface area contributed by atoms with Crippen LogP contribution >= 0.6 is 11.6 Å². The Hall–Kier alpha value is -1.65. The van der Waals surface area contributed by atoms with Crippen LogP contribution < -0.4 is 10.6 Å². The summed E-state index contributed by atoms with van der Waals surface area (Å²) in [5.74, 6) is 0.972. The van der Waals surface area contributed by atoms with Crippen LogP contribution in [0.15, 0.2) is 30.5 Å². The van der Waals surface area contributed by atoms with Gasteiger partial charge in [-0.2, -0.15) is 0 Å². The molecule has 0 radical (unpaired) electrons. The average Bonchev–Trinajstić information content (AvgIpc) is 3.30. The molecule has 1 saturated carbocycles. The number of nitrogens with one attached hydrogen (secondary N) is 2. The van der Waals surface area contributed by atoms with E-state index in [2.05, 4.69) is 29.5 Å². The summed E-state index contributed by atoms with van der Waals surface area (Å²) in [6, 6.07) is 8.25. The van der Waals surface area contributed by atoms with Gasteiger partial charge in [-0.25, -0.2) is 9.97 Å². The summed E-state index contributed by atoms with van der Waals surface area (Å²) in [5, 5.41) is 7.44. The van der Waals surface area contributed by atoms with Crippen molar-refractivity contribution < 1.29 is 0 Å². The summed E-state index contributed by atoms with van der Waals surface area (Å²) in [5.41, 5.74) is 3.16. The van der Waals surface area contributed by atoms with Gasteiger partial charge in [0.1, 0.15) is 0 Å². The lowest BCUT2D eigenvalue weighted by Gasteiger charge is -2.14. The highest BCUT2D eigenvalue weighted by Crippen LogP contribution is 2.23. The molecule has 1 aliphatic rings. The van der Waals surface area contributed by atoms with Crippen molar-refractivity contribution in [1.82, 2.24) is 15.3 Å². The van der Waals surface area contributed by atoms with Crippen LogP contribution in [0.5, 0.6) is 0 Å². The molecule has 0 spiro atoms. The Morgan fingerprint density at radius 3 is 2.82 bits per heavy atom. The first-order chi connectivity index (χ1) is 10.6. The van der Waals surface area contributed by atoms with E-state index in [0.29, 0.717) is 22.9 Å². The van der Waals surface area contributed by atoms with Crippen molar-refractivity contribution in [2.45, 2.75) is 45.2 Å². The third kappa shape index (κ3) is 3.96. The molecule has 0 unspecified atom stereocenters. The fourth-order valence-corrected chi connectivity index (χ4v) is 2.54. The van der Waals surface area contributed by atoms with Crippen LogP contribution in [0.3, 0.4) is 0 Å². The topological polar surface area (TPSA) is 49.8 Å². The van der Waals surface area contributed by atoms with E-state index in [9.17, 15) is 0 Å². The van der Waals surface area contributed by atoms with E-state index in [1.807, 2.05) is 30.5 Å². The molecule has 0 amide bonds. The quantitative estimate of drug-likeness (QED) is 0.836. The maximum absolute atomic E-state index is 6.01.